The van der Waals surface area contributed by atoms with E-state index in [1.807, 2.05) is 18.2 Å². The lowest BCUT2D eigenvalue weighted by molar-refractivity contribution is 0.132. The Morgan fingerprint density at radius 1 is 1.08 bits per heavy atom. The third kappa shape index (κ3) is 5.41. The van der Waals surface area contributed by atoms with Gasteiger partial charge in [0.05, 0.1) is 10.0 Å². The fourth-order valence-corrected chi connectivity index (χ4v) is 4.26. The number of hydrogen-bond donors (Lipinski definition) is 0. The molecule has 2 aliphatic rings. The van der Waals surface area contributed by atoms with Gasteiger partial charge in [-0.2, -0.15) is 0 Å². The number of piperidine rings is 1. The average Bonchev–Trinajstić information content (AvgIpc) is 2.65. The zero-order valence-corrected chi connectivity index (χ0v) is 16.5. The predicted octanol–water partition coefficient (Wildman–Crippen LogP) is 4.14. The number of nitrogens with zero attached hydrogens (tertiary/aromatic N) is 6. The topological polar surface area (TPSA) is 58.5 Å². The number of azide groups is 1. The zero-order valence-electron chi connectivity index (χ0n) is 15.0. The van der Waals surface area contributed by atoms with Crippen LogP contribution in [0.25, 0.3) is 10.4 Å². The van der Waals surface area contributed by atoms with Crippen LogP contribution in [-0.2, 0) is 0 Å². The smallest absolute Gasteiger partial charge is 0.0612 e. The van der Waals surface area contributed by atoms with Crippen LogP contribution >= 0.6 is 23.2 Å². The van der Waals surface area contributed by atoms with Crippen molar-refractivity contribution in [2.45, 2.75) is 12.8 Å². The van der Waals surface area contributed by atoms with Gasteiger partial charge in [-0.3, -0.25) is 4.90 Å². The largest absolute Gasteiger partial charge is 0.369 e. The Hall–Kier alpha value is -1.17. The SMILES string of the molecule is [N-]=[N+]=NCCN1CCC[C@@H](CN2CCN(c3ccc(Cl)c(Cl)c3)CC2)C1. The summed E-state index contributed by atoms with van der Waals surface area (Å²) in [5.74, 6) is 0.714. The van der Waals surface area contributed by atoms with Crippen LogP contribution in [0.4, 0.5) is 5.69 Å². The number of likely N-dealkylation sites (tertiary alicyclic amines) is 1. The second kappa shape index (κ2) is 9.67. The Morgan fingerprint density at radius 2 is 1.88 bits per heavy atom. The van der Waals surface area contributed by atoms with Crippen LogP contribution < -0.4 is 4.90 Å². The van der Waals surface area contributed by atoms with E-state index in [0.29, 0.717) is 22.5 Å². The molecule has 1 aromatic rings. The summed E-state index contributed by atoms with van der Waals surface area (Å²) in [6.07, 6.45) is 2.54. The van der Waals surface area contributed by atoms with Gasteiger partial charge in [0.1, 0.15) is 0 Å². The van der Waals surface area contributed by atoms with Gasteiger partial charge in [-0.25, -0.2) is 0 Å². The molecular formula is C18H26Cl2N6. The normalized spacial score (nSPS) is 22.2. The monoisotopic (exact) mass is 396 g/mol. The Morgan fingerprint density at radius 3 is 2.62 bits per heavy atom. The molecule has 1 aromatic carbocycles. The molecular weight excluding hydrogens is 371 g/mol. The van der Waals surface area contributed by atoms with Crippen molar-refractivity contribution in [3.63, 3.8) is 0 Å². The number of benzene rings is 1. The minimum atomic E-state index is 0.575. The molecule has 0 unspecified atom stereocenters. The number of halogens is 2. The maximum atomic E-state index is 8.41. The summed E-state index contributed by atoms with van der Waals surface area (Å²) in [5.41, 5.74) is 9.57. The molecule has 0 bridgehead atoms. The molecule has 0 aromatic heterocycles. The molecule has 2 aliphatic heterocycles. The Labute approximate surface area is 165 Å². The van der Waals surface area contributed by atoms with Gasteiger partial charge in [-0.05, 0) is 49.0 Å². The predicted molar refractivity (Wildman–Crippen MR) is 108 cm³/mol. The van der Waals surface area contributed by atoms with Crippen molar-refractivity contribution < 1.29 is 0 Å². The maximum absolute atomic E-state index is 8.41. The zero-order chi connectivity index (χ0) is 18.4. The van der Waals surface area contributed by atoms with Gasteiger partial charge in [0, 0.05) is 63.0 Å². The second-order valence-corrected chi connectivity index (χ2v) is 7.96. The van der Waals surface area contributed by atoms with Crippen molar-refractivity contribution in [2.75, 3.05) is 63.8 Å². The van der Waals surface area contributed by atoms with Crippen molar-refractivity contribution in [1.82, 2.24) is 9.80 Å². The van der Waals surface area contributed by atoms with Crippen LogP contribution in [0.1, 0.15) is 12.8 Å². The Bertz CT molecular complexity index is 641. The van der Waals surface area contributed by atoms with Crippen molar-refractivity contribution in [3.8, 4) is 0 Å². The molecule has 0 N–H and O–H groups in total. The van der Waals surface area contributed by atoms with Crippen LogP contribution in [0.15, 0.2) is 23.3 Å². The molecule has 6 nitrogen and oxygen atoms in total. The van der Waals surface area contributed by atoms with E-state index in [1.54, 1.807) is 0 Å². The molecule has 2 saturated heterocycles. The first-order valence-electron chi connectivity index (χ1n) is 9.31. The summed E-state index contributed by atoms with van der Waals surface area (Å²) >= 11 is 12.2. The van der Waals surface area contributed by atoms with Crippen molar-refractivity contribution in [1.29, 1.82) is 0 Å². The molecule has 142 valence electrons. The van der Waals surface area contributed by atoms with Gasteiger partial charge in [-0.1, -0.05) is 28.3 Å². The highest BCUT2D eigenvalue weighted by Crippen LogP contribution is 2.28. The number of hydrogen-bond acceptors (Lipinski definition) is 4. The lowest BCUT2D eigenvalue weighted by Crippen LogP contribution is -2.49. The van der Waals surface area contributed by atoms with E-state index in [4.69, 9.17) is 28.7 Å². The van der Waals surface area contributed by atoms with Crippen LogP contribution in [0.2, 0.25) is 10.0 Å². The van der Waals surface area contributed by atoms with Gasteiger partial charge >= 0.3 is 0 Å². The Kier molecular flexibility index (Phi) is 7.29. The third-order valence-corrected chi connectivity index (χ3v) is 6.08. The maximum Gasteiger partial charge on any atom is 0.0612 e. The van der Waals surface area contributed by atoms with Crippen LogP contribution in [-0.4, -0.2) is 68.7 Å². The summed E-state index contributed by atoms with van der Waals surface area (Å²) in [6.45, 7) is 9.06. The van der Waals surface area contributed by atoms with Crippen LogP contribution in [0, 0.1) is 5.92 Å². The lowest BCUT2D eigenvalue weighted by Gasteiger charge is -2.40. The number of rotatable bonds is 6. The second-order valence-electron chi connectivity index (χ2n) is 7.15. The molecule has 3 rings (SSSR count). The fraction of sp³-hybridized carbons (Fsp3) is 0.667. The first-order chi connectivity index (χ1) is 12.7. The van der Waals surface area contributed by atoms with Gasteiger partial charge in [0.25, 0.3) is 0 Å². The Balaban J connectivity index is 1.44. The van der Waals surface area contributed by atoms with Crippen molar-refractivity contribution >= 4 is 28.9 Å². The van der Waals surface area contributed by atoms with Gasteiger partial charge in [0.15, 0.2) is 0 Å². The van der Waals surface area contributed by atoms with Gasteiger partial charge in [0.2, 0.25) is 0 Å². The van der Waals surface area contributed by atoms with Gasteiger partial charge < -0.3 is 9.80 Å². The first-order valence-corrected chi connectivity index (χ1v) is 10.1. The van der Waals surface area contributed by atoms with E-state index >= 15 is 0 Å². The fourth-order valence-electron chi connectivity index (χ4n) is 3.97. The van der Waals surface area contributed by atoms with E-state index in [1.165, 1.54) is 12.8 Å². The van der Waals surface area contributed by atoms with Gasteiger partial charge in [-0.15, -0.1) is 0 Å². The highest BCUT2D eigenvalue weighted by Gasteiger charge is 2.24. The van der Waals surface area contributed by atoms with Crippen molar-refractivity contribution in [3.05, 3.63) is 38.7 Å². The molecule has 0 saturated carbocycles. The van der Waals surface area contributed by atoms with E-state index in [0.717, 1.165) is 58.0 Å². The third-order valence-electron chi connectivity index (χ3n) is 5.34. The summed E-state index contributed by atoms with van der Waals surface area (Å²) in [6, 6.07) is 5.88. The first kappa shape index (κ1) is 19.6. The number of anilines is 1. The summed E-state index contributed by atoms with van der Waals surface area (Å²) in [5, 5.41) is 4.89. The summed E-state index contributed by atoms with van der Waals surface area (Å²) in [7, 11) is 0. The molecule has 1 atom stereocenters. The highest BCUT2D eigenvalue weighted by atomic mass is 35.5. The molecule has 0 spiro atoms. The minimum absolute atomic E-state index is 0.575. The molecule has 8 heteroatoms. The van der Waals surface area contributed by atoms with E-state index in [2.05, 4.69) is 24.7 Å². The molecule has 2 heterocycles. The molecule has 0 aliphatic carbocycles. The molecule has 0 amide bonds. The summed E-state index contributed by atoms with van der Waals surface area (Å²) < 4.78 is 0. The van der Waals surface area contributed by atoms with Crippen molar-refractivity contribution in [2.24, 2.45) is 11.0 Å². The number of piperazine rings is 1. The van der Waals surface area contributed by atoms with E-state index < -0.39 is 0 Å². The van der Waals surface area contributed by atoms with Crippen LogP contribution in [0.5, 0.6) is 0 Å². The minimum Gasteiger partial charge on any atom is -0.369 e. The molecule has 0 radical (unpaired) electrons. The highest BCUT2D eigenvalue weighted by molar-refractivity contribution is 6.42. The molecule has 26 heavy (non-hydrogen) atoms. The summed E-state index contributed by atoms with van der Waals surface area (Å²) in [4.78, 5) is 10.2. The van der Waals surface area contributed by atoms with E-state index in [9.17, 15) is 0 Å². The lowest BCUT2D eigenvalue weighted by atomic mass is 9.97. The van der Waals surface area contributed by atoms with Crippen LogP contribution in [0.3, 0.4) is 0 Å². The van der Waals surface area contributed by atoms with E-state index in [-0.39, 0.29) is 0 Å². The quantitative estimate of drug-likeness (QED) is 0.412. The average molecular weight is 397 g/mol. The standard InChI is InChI=1S/C18H26Cl2N6/c19-17-4-3-16(12-18(17)20)26-10-8-25(9-11-26)14-15-2-1-6-24(13-15)7-5-22-23-21/h3-4,12,15H,1-2,5-11,13-14H2/t15-/m1/s1. The molecule has 2 fully saturated rings.